The lowest BCUT2D eigenvalue weighted by Crippen LogP contribution is -2.35. The number of rotatable bonds is 5. The van der Waals surface area contributed by atoms with Crippen molar-refractivity contribution >= 4 is 5.97 Å². The molecule has 3 nitrogen and oxygen atoms in total. The summed E-state index contributed by atoms with van der Waals surface area (Å²) in [5.41, 5.74) is 0.695. The molecule has 2 unspecified atom stereocenters. The fraction of sp³-hybridized carbons (Fsp3) is 0.500. The highest BCUT2D eigenvalue weighted by Crippen LogP contribution is 2.32. The Labute approximate surface area is 107 Å². The molecule has 0 fully saturated rings. The maximum Gasteiger partial charge on any atom is 0.308 e. The third kappa shape index (κ3) is 3.29. The number of carbonyl (C=O) groups is 1. The van der Waals surface area contributed by atoms with Gasteiger partial charge in [0, 0.05) is 6.04 Å². The van der Waals surface area contributed by atoms with Gasteiger partial charge in [0.25, 0.3) is 0 Å². The molecule has 0 aromatic heterocycles. The maximum atomic E-state index is 13.3. The highest BCUT2D eigenvalue weighted by molar-refractivity contribution is 5.71. The van der Waals surface area contributed by atoms with Gasteiger partial charge < -0.3 is 10.0 Å². The SMILES string of the molecule is CC(C)C(C(=O)O)C(c1cccc(F)c1)N(C)C. The smallest absolute Gasteiger partial charge is 0.308 e. The van der Waals surface area contributed by atoms with Crippen molar-refractivity contribution in [1.82, 2.24) is 4.90 Å². The molecule has 1 rings (SSSR count). The summed E-state index contributed by atoms with van der Waals surface area (Å²) in [4.78, 5) is 13.3. The Bertz CT molecular complexity index is 418. The van der Waals surface area contributed by atoms with Crippen molar-refractivity contribution in [2.24, 2.45) is 11.8 Å². The van der Waals surface area contributed by atoms with Crippen LogP contribution in [0.5, 0.6) is 0 Å². The summed E-state index contributed by atoms with van der Waals surface area (Å²) in [7, 11) is 3.63. The molecule has 0 heterocycles. The van der Waals surface area contributed by atoms with Crippen molar-refractivity contribution < 1.29 is 14.3 Å². The first kappa shape index (κ1) is 14.6. The minimum Gasteiger partial charge on any atom is -0.481 e. The Hall–Kier alpha value is -1.42. The number of aliphatic carboxylic acids is 1. The summed E-state index contributed by atoms with van der Waals surface area (Å²) < 4.78 is 13.3. The molecular formula is C14H20FNO2. The number of hydrogen-bond acceptors (Lipinski definition) is 2. The monoisotopic (exact) mass is 253 g/mol. The van der Waals surface area contributed by atoms with Crippen LogP contribution in [-0.4, -0.2) is 30.1 Å². The van der Waals surface area contributed by atoms with Gasteiger partial charge in [0.2, 0.25) is 0 Å². The minimum atomic E-state index is -0.854. The van der Waals surface area contributed by atoms with E-state index in [1.807, 2.05) is 32.8 Å². The van der Waals surface area contributed by atoms with Crippen LogP contribution in [0.25, 0.3) is 0 Å². The number of benzene rings is 1. The van der Waals surface area contributed by atoms with E-state index in [2.05, 4.69) is 0 Å². The second-order valence-electron chi connectivity index (χ2n) is 5.07. The van der Waals surface area contributed by atoms with Crippen LogP contribution in [0.4, 0.5) is 4.39 Å². The van der Waals surface area contributed by atoms with Gasteiger partial charge >= 0.3 is 5.97 Å². The Morgan fingerprint density at radius 1 is 1.33 bits per heavy atom. The molecule has 0 saturated heterocycles. The van der Waals surface area contributed by atoms with Crippen molar-refractivity contribution in [3.63, 3.8) is 0 Å². The molecule has 2 atom stereocenters. The molecule has 0 spiro atoms. The van der Waals surface area contributed by atoms with Crippen LogP contribution in [0.2, 0.25) is 0 Å². The van der Waals surface area contributed by atoms with Gasteiger partial charge in [0.15, 0.2) is 0 Å². The Balaban J connectivity index is 3.20. The van der Waals surface area contributed by atoms with E-state index in [1.54, 1.807) is 12.1 Å². The van der Waals surface area contributed by atoms with E-state index < -0.39 is 11.9 Å². The average molecular weight is 253 g/mol. The van der Waals surface area contributed by atoms with Gasteiger partial charge in [0.1, 0.15) is 5.82 Å². The highest BCUT2D eigenvalue weighted by atomic mass is 19.1. The minimum absolute atomic E-state index is 0.0295. The van der Waals surface area contributed by atoms with Gasteiger partial charge in [0.05, 0.1) is 5.92 Å². The van der Waals surface area contributed by atoms with Crippen molar-refractivity contribution in [3.05, 3.63) is 35.6 Å². The Kier molecular flexibility index (Phi) is 4.84. The lowest BCUT2D eigenvalue weighted by Gasteiger charge is -2.32. The largest absolute Gasteiger partial charge is 0.481 e. The predicted octanol–water partition coefficient (Wildman–Crippen LogP) is 2.79. The Morgan fingerprint density at radius 2 is 1.94 bits per heavy atom. The van der Waals surface area contributed by atoms with Gasteiger partial charge in [-0.2, -0.15) is 0 Å². The normalized spacial score (nSPS) is 14.8. The van der Waals surface area contributed by atoms with Crippen LogP contribution in [0.3, 0.4) is 0 Å². The van der Waals surface area contributed by atoms with E-state index in [0.29, 0.717) is 5.56 Å². The van der Waals surface area contributed by atoms with E-state index in [-0.39, 0.29) is 17.8 Å². The molecule has 100 valence electrons. The molecule has 0 saturated carbocycles. The molecule has 0 bridgehead atoms. The van der Waals surface area contributed by atoms with E-state index in [9.17, 15) is 14.3 Å². The number of halogens is 1. The van der Waals surface area contributed by atoms with Crippen LogP contribution in [-0.2, 0) is 4.79 Å². The molecule has 18 heavy (non-hydrogen) atoms. The molecule has 0 radical (unpaired) electrons. The molecular weight excluding hydrogens is 233 g/mol. The summed E-state index contributed by atoms with van der Waals surface area (Å²) in [6, 6.07) is 5.81. The summed E-state index contributed by atoms with van der Waals surface area (Å²) in [6.07, 6.45) is 0. The van der Waals surface area contributed by atoms with E-state index >= 15 is 0 Å². The highest BCUT2D eigenvalue weighted by Gasteiger charge is 2.33. The zero-order valence-corrected chi connectivity index (χ0v) is 11.2. The van der Waals surface area contributed by atoms with E-state index in [4.69, 9.17) is 0 Å². The van der Waals surface area contributed by atoms with Crippen molar-refractivity contribution in [2.75, 3.05) is 14.1 Å². The van der Waals surface area contributed by atoms with Gasteiger partial charge in [-0.05, 0) is 37.7 Å². The summed E-state index contributed by atoms with van der Waals surface area (Å²) in [5.74, 6) is -1.79. The number of carboxylic acid groups (broad SMARTS) is 1. The molecule has 0 amide bonds. The van der Waals surface area contributed by atoms with Gasteiger partial charge in [-0.15, -0.1) is 0 Å². The van der Waals surface area contributed by atoms with Gasteiger partial charge in [-0.1, -0.05) is 26.0 Å². The molecule has 4 heteroatoms. The van der Waals surface area contributed by atoms with Crippen LogP contribution in [0, 0.1) is 17.7 Å². The lowest BCUT2D eigenvalue weighted by molar-refractivity contribution is -0.146. The van der Waals surface area contributed by atoms with Crippen LogP contribution in [0.15, 0.2) is 24.3 Å². The fourth-order valence-corrected chi connectivity index (χ4v) is 2.30. The third-order valence-electron chi connectivity index (χ3n) is 3.09. The molecule has 1 N–H and O–H groups in total. The zero-order chi connectivity index (χ0) is 13.9. The first-order chi connectivity index (χ1) is 8.34. The van der Waals surface area contributed by atoms with E-state index in [0.717, 1.165) is 0 Å². The molecule has 0 aliphatic rings. The van der Waals surface area contributed by atoms with Crippen LogP contribution < -0.4 is 0 Å². The molecule has 0 aliphatic carbocycles. The number of hydrogen-bond donors (Lipinski definition) is 1. The first-order valence-electron chi connectivity index (χ1n) is 5.99. The maximum absolute atomic E-state index is 13.3. The van der Waals surface area contributed by atoms with Crippen molar-refractivity contribution in [1.29, 1.82) is 0 Å². The van der Waals surface area contributed by atoms with Gasteiger partial charge in [-0.3, -0.25) is 4.79 Å². The molecule has 1 aromatic rings. The second-order valence-corrected chi connectivity index (χ2v) is 5.07. The molecule has 1 aromatic carbocycles. The second kappa shape index (κ2) is 5.96. The fourth-order valence-electron chi connectivity index (χ4n) is 2.30. The lowest BCUT2D eigenvalue weighted by atomic mass is 9.84. The number of nitrogens with zero attached hydrogens (tertiary/aromatic N) is 1. The molecule has 0 aliphatic heterocycles. The topological polar surface area (TPSA) is 40.5 Å². The number of carboxylic acids is 1. The first-order valence-corrected chi connectivity index (χ1v) is 5.99. The Morgan fingerprint density at radius 3 is 2.33 bits per heavy atom. The van der Waals surface area contributed by atoms with Crippen LogP contribution >= 0.6 is 0 Å². The van der Waals surface area contributed by atoms with Gasteiger partial charge in [-0.25, -0.2) is 4.39 Å². The summed E-state index contributed by atoms with van der Waals surface area (Å²) >= 11 is 0. The summed E-state index contributed by atoms with van der Waals surface area (Å²) in [6.45, 7) is 3.74. The summed E-state index contributed by atoms with van der Waals surface area (Å²) in [5, 5.41) is 9.37. The van der Waals surface area contributed by atoms with Crippen molar-refractivity contribution in [3.8, 4) is 0 Å². The van der Waals surface area contributed by atoms with E-state index in [1.165, 1.54) is 12.1 Å². The zero-order valence-electron chi connectivity index (χ0n) is 11.2. The quantitative estimate of drug-likeness (QED) is 0.877. The van der Waals surface area contributed by atoms with Crippen LogP contribution in [0.1, 0.15) is 25.5 Å². The standard InChI is InChI=1S/C14H20FNO2/c1-9(2)12(14(17)18)13(16(3)4)10-6-5-7-11(15)8-10/h5-9,12-13H,1-4H3,(H,17,18). The predicted molar refractivity (Wildman–Crippen MR) is 68.8 cm³/mol. The third-order valence-corrected chi connectivity index (χ3v) is 3.09. The van der Waals surface area contributed by atoms with Crippen molar-refractivity contribution in [2.45, 2.75) is 19.9 Å². The average Bonchev–Trinajstić information content (AvgIpc) is 2.23.